The Hall–Kier alpha value is -2.73. The lowest BCUT2D eigenvalue weighted by atomic mass is 10.0. The van der Waals surface area contributed by atoms with Gasteiger partial charge in [0.15, 0.2) is 6.10 Å². The van der Waals surface area contributed by atoms with Crippen LogP contribution >= 0.6 is 11.5 Å². The zero-order valence-electron chi connectivity index (χ0n) is 15.0. The largest absolute Gasteiger partial charge is 0.481 e. The van der Waals surface area contributed by atoms with Crippen molar-refractivity contribution in [3.8, 4) is 16.2 Å². The minimum atomic E-state index is -0.592. The number of nitrogens with one attached hydrogen (secondary N) is 1. The van der Waals surface area contributed by atoms with Crippen LogP contribution < -0.4 is 10.1 Å². The number of anilines is 1. The van der Waals surface area contributed by atoms with E-state index in [4.69, 9.17) is 4.74 Å². The van der Waals surface area contributed by atoms with Gasteiger partial charge in [0, 0.05) is 5.69 Å². The molecule has 1 heterocycles. The number of benzene rings is 2. The Labute approximate surface area is 157 Å². The van der Waals surface area contributed by atoms with E-state index in [1.807, 2.05) is 48.5 Å². The molecule has 6 heteroatoms. The number of rotatable bonds is 6. The summed E-state index contributed by atoms with van der Waals surface area (Å²) in [5.41, 5.74) is 2.99. The fraction of sp³-hybridized carbons (Fsp3) is 0.250. The maximum absolute atomic E-state index is 12.4. The third kappa shape index (κ3) is 4.46. The van der Waals surface area contributed by atoms with Crippen LogP contribution in [0.4, 0.5) is 5.69 Å². The summed E-state index contributed by atoms with van der Waals surface area (Å²) in [6.45, 7) is 6.02. The molecule has 0 bridgehead atoms. The molecule has 0 radical (unpaired) electrons. The van der Waals surface area contributed by atoms with Gasteiger partial charge in [0.05, 0.1) is 11.1 Å². The number of aromatic nitrogens is 2. The zero-order valence-corrected chi connectivity index (χ0v) is 15.8. The summed E-state index contributed by atoms with van der Waals surface area (Å²) in [5, 5.41) is 6.70. The summed E-state index contributed by atoms with van der Waals surface area (Å²) < 4.78 is 9.59. The third-order valence-electron chi connectivity index (χ3n) is 4.03. The van der Waals surface area contributed by atoms with Crippen molar-refractivity contribution in [1.82, 2.24) is 9.59 Å². The molecule has 0 fully saturated rings. The lowest BCUT2D eigenvalue weighted by molar-refractivity contribution is -0.122. The van der Waals surface area contributed by atoms with Gasteiger partial charge in [-0.15, -0.1) is 5.10 Å². The second-order valence-electron chi connectivity index (χ2n) is 6.33. The second kappa shape index (κ2) is 8.10. The smallest absolute Gasteiger partial charge is 0.265 e. The molecule has 0 aliphatic heterocycles. The highest BCUT2D eigenvalue weighted by atomic mass is 32.1. The van der Waals surface area contributed by atoms with Gasteiger partial charge in [-0.2, -0.15) is 0 Å². The van der Waals surface area contributed by atoms with E-state index in [2.05, 4.69) is 28.8 Å². The summed E-state index contributed by atoms with van der Waals surface area (Å²) >= 11 is 1.34. The summed E-state index contributed by atoms with van der Waals surface area (Å²) in [5.74, 6) is 0.962. The third-order valence-corrected chi connectivity index (χ3v) is 4.74. The van der Waals surface area contributed by atoms with Crippen molar-refractivity contribution < 1.29 is 9.53 Å². The molecule has 3 rings (SSSR count). The van der Waals surface area contributed by atoms with Gasteiger partial charge in [-0.1, -0.05) is 42.6 Å². The van der Waals surface area contributed by atoms with Crippen molar-refractivity contribution in [2.24, 2.45) is 0 Å². The number of ether oxygens (including phenoxy) is 1. The van der Waals surface area contributed by atoms with Crippen molar-refractivity contribution in [2.45, 2.75) is 32.8 Å². The highest BCUT2D eigenvalue weighted by Gasteiger charge is 2.15. The molecule has 26 heavy (non-hydrogen) atoms. The van der Waals surface area contributed by atoms with E-state index < -0.39 is 6.10 Å². The van der Waals surface area contributed by atoms with E-state index in [1.165, 1.54) is 17.1 Å². The summed E-state index contributed by atoms with van der Waals surface area (Å²) in [4.78, 5) is 13.3. The van der Waals surface area contributed by atoms with E-state index in [-0.39, 0.29) is 5.91 Å². The van der Waals surface area contributed by atoms with Crippen molar-refractivity contribution in [3.63, 3.8) is 0 Å². The van der Waals surface area contributed by atoms with Gasteiger partial charge in [-0.3, -0.25) is 4.79 Å². The van der Waals surface area contributed by atoms with Gasteiger partial charge in [0.2, 0.25) is 0 Å². The number of nitrogens with zero attached hydrogens (tertiary/aromatic N) is 2. The first kappa shape index (κ1) is 18.1. The highest BCUT2D eigenvalue weighted by molar-refractivity contribution is 7.09. The maximum Gasteiger partial charge on any atom is 0.265 e. The summed E-state index contributed by atoms with van der Waals surface area (Å²) in [6.07, 6.45) is 1.13. The van der Waals surface area contributed by atoms with Crippen molar-refractivity contribution in [3.05, 3.63) is 60.3 Å². The minimum Gasteiger partial charge on any atom is -0.481 e. The number of carbonyl (C=O) groups is 1. The molecule has 0 aliphatic carbocycles. The first-order chi connectivity index (χ1) is 12.5. The van der Waals surface area contributed by atoms with Crippen LogP contribution in [0.2, 0.25) is 0 Å². The van der Waals surface area contributed by atoms with Crippen LogP contribution in [-0.2, 0) is 4.79 Å². The SMILES string of the molecule is CC(Oc1ccc(C(C)C)cc1)C(=O)Nc1ccc(-c2cnns2)cc1. The second-order valence-corrected chi connectivity index (χ2v) is 7.12. The monoisotopic (exact) mass is 367 g/mol. The first-order valence-electron chi connectivity index (χ1n) is 8.48. The molecule has 0 spiro atoms. The predicted molar refractivity (Wildman–Crippen MR) is 105 cm³/mol. The topological polar surface area (TPSA) is 64.1 Å². The van der Waals surface area contributed by atoms with Crippen LogP contribution in [0, 0.1) is 0 Å². The van der Waals surface area contributed by atoms with Crippen LogP contribution in [0.25, 0.3) is 10.4 Å². The van der Waals surface area contributed by atoms with E-state index >= 15 is 0 Å². The normalized spacial score (nSPS) is 12.0. The van der Waals surface area contributed by atoms with Gasteiger partial charge < -0.3 is 10.1 Å². The van der Waals surface area contributed by atoms with Crippen LogP contribution in [-0.4, -0.2) is 21.6 Å². The lowest BCUT2D eigenvalue weighted by Crippen LogP contribution is -2.30. The molecule has 5 nitrogen and oxygen atoms in total. The quantitative estimate of drug-likeness (QED) is 0.684. The molecule has 1 aromatic heterocycles. The highest BCUT2D eigenvalue weighted by Crippen LogP contribution is 2.23. The number of amides is 1. The molecule has 1 unspecified atom stereocenters. The fourth-order valence-corrected chi connectivity index (χ4v) is 2.96. The van der Waals surface area contributed by atoms with E-state index in [9.17, 15) is 4.79 Å². The van der Waals surface area contributed by atoms with E-state index in [0.717, 1.165) is 16.1 Å². The van der Waals surface area contributed by atoms with Gasteiger partial charge in [-0.05, 0) is 59.8 Å². The molecule has 1 atom stereocenters. The number of hydrogen-bond acceptors (Lipinski definition) is 5. The fourth-order valence-electron chi connectivity index (χ4n) is 2.45. The van der Waals surface area contributed by atoms with E-state index in [0.29, 0.717) is 11.7 Å². The Morgan fingerprint density at radius 2 is 1.73 bits per heavy atom. The van der Waals surface area contributed by atoms with Crippen LogP contribution in [0.1, 0.15) is 32.3 Å². The molecular weight excluding hydrogens is 346 g/mol. The average Bonchev–Trinajstić information content (AvgIpc) is 3.17. The minimum absolute atomic E-state index is 0.190. The maximum atomic E-state index is 12.4. The zero-order chi connectivity index (χ0) is 18.5. The van der Waals surface area contributed by atoms with Crippen molar-refractivity contribution in [1.29, 1.82) is 0 Å². The molecule has 134 valence electrons. The standard InChI is InChI=1S/C20H21N3O2S/c1-13(2)15-6-10-18(11-7-15)25-14(3)20(24)22-17-8-4-16(5-9-17)19-12-21-23-26-19/h4-14H,1-3H3,(H,22,24). The van der Waals surface area contributed by atoms with Crippen molar-refractivity contribution >= 4 is 23.1 Å². The predicted octanol–water partition coefficient (Wildman–Crippen LogP) is 4.73. The Bertz CT molecular complexity index is 844. The molecule has 0 aliphatic rings. The Morgan fingerprint density at radius 3 is 2.31 bits per heavy atom. The Morgan fingerprint density at radius 1 is 1.04 bits per heavy atom. The summed E-state index contributed by atoms with van der Waals surface area (Å²) in [6, 6.07) is 15.4. The average molecular weight is 367 g/mol. The number of carbonyl (C=O) groups excluding carboxylic acids is 1. The molecule has 1 N–H and O–H groups in total. The van der Waals surface area contributed by atoms with Crippen LogP contribution in [0.3, 0.4) is 0 Å². The molecule has 2 aromatic carbocycles. The van der Waals surface area contributed by atoms with E-state index in [1.54, 1.807) is 13.1 Å². The molecule has 0 saturated carbocycles. The molecule has 0 saturated heterocycles. The van der Waals surface area contributed by atoms with Crippen LogP contribution in [0.15, 0.2) is 54.7 Å². The van der Waals surface area contributed by atoms with Crippen molar-refractivity contribution in [2.75, 3.05) is 5.32 Å². The van der Waals surface area contributed by atoms with Crippen LogP contribution in [0.5, 0.6) is 5.75 Å². The molecular formula is C20H21N3O2S. The Balaban J connectivity index is 1.58. The lowest BCUT2D eigenvalue weighted by Gasteiger charge is -2.15. The van der Waals surface area contributed by atoms with Gasteiger partial charge in [-0.25, -0.2) is 0 Å². The Kier molecular flexibility index (Phi) is 5.63. The first-order valence-corrected chi connectivity index (χ1v) is 9.25. The summed E-state index contributed by atoms with van der Waals surface area (Å²) in [7, 11) is 0. The van der Waals surface area contributed by atoms with Gasteiger partial charge >= 0.3 is 0 Å². The van der Waals surface area contributed by atoms with Gasteiger partial charge in [0.25, 0.3) is 5.91 Å². The number of hydrogen-bond donors (Lipinski definition) is 1. The van der Waals surface area contributed by atoms with Gasteiger partial charge in [0.1, 0.15) is 5.75 Å². The molecule has 3 aromatic rings. The molecule has 1 amide bonds.